The molecule has 1 aliphatic heterocycles. The number of morpholine rings is 1. The van der Waals surface area contributed by atoms with E-state index in [-0.39, 0.29) is 5.41 Å². The van der Waals surface area contributed by atoms with Crippen LogP contribution < -0.4 is 4.90 Å². The van der Waals surface area contributed by atoms with E-state index in [2.05, 4.69) is 25.7 Å². The molecule has 2 fully saturated rings. The van der Waals surface area contributed by atoms with Crippen LogP contribution in [0.5, 0.6) is 0 Å². The SMILES string of the molecule is CC(C)(C)c1nc(N2CCOC3CCCC32)sc1C=O. The molecule has 0 N–H and O–H groups in total. The fourth-order valence-corrected chi connectivity index (χ4v) is 4.40. The Morgan fingerprint density at radius 1 is 1.40 bits per heavy atom. The van der Waals surface area contributed by atoms with Gasteiger partial charge < -0.3 is 9.64 Å². The number of ether oxygens (including phenoxy) is 1. The lowest BCUT2D eigenvalue weighted by molar-refractivity contribution is 0.0256. The highest BCUT2D eigenvalue weighted by Crippen LogP contribution is 2.38. The molecule has 1 aliphatic carbocycles. The summed E-state index contributed by atoms with van der Waals surface area (Å²) in [6, 6.07) is 0.447. The largest absolute Gasteiger partial charge is 0.374 e. The second kappa shape index (κ2) is 5.11. The van der Waals surface area contributed by atoms with Gasteiger partial charge >= 0.3 is 0 Å². The molecule has 2 unspecified atom stereocenters. The Bertz CT molecular complexity index is 506. The van der Waals surface area contributed by atoms with Crippen molar-refractivity contribution in [3.05, 3.63) is 10.6 Å². The lowest BCUT2D eigenvalue weighted by atomic mass is 9.91. The van der Waals surface area contributed by atoms with Gasteiger partial charge in [0.05, 0.1) is 29.3 Å². The van der Waals surface area contributed by atoms with Crippen LogP contribution in [0.1, 0.15) is 55.4 Å². The van der Waals surface area contributed by atoms with E-state index in [0.717, 1.165) is 41.6 Å². The van der Waals surface area contributed by atoms with Crippen LogP contribution in [0.3, 0.4) is 0 Å². The molecule has 1 saturated heterocycles. The molecule has 0 bridgehead atoms. The predicted octanol–water partition coefficient (Wildman–Crippen LogP) is 3.01. The Kier molecular flexibility index (Phi) is 3.58. The molecule has 0 spiro atoms. The molecule has 1 saturated carbocycles. The molecule has 2 aliphatic rings. The van der Waals surface area contributed by atoms with Crippen molar-refractivity contribution in [2.24, 2.45) is 0 Å². The Balaban J connectivity index is 1.94. The van der Waals surface area contributed by atoms with Crippen LogP contribution >= 0.6 is 11.3 Å². The summed E-state index contributed by atoms with van der Waals surface area (Å²) in [6.07, 6.45) is 4.86. The molecule has 0 amide bonds. The highest BCUT2D eigenvalue weighted by atomic mass is 32.1. The Labute approximate surface area is 124 Å². The number of hydrogen-bond acceptors (Lipinski definition) is 5. The zero-order chi connectivity index (χ0) is 14.3. The summed E-state index contributed by atoms with van der Waals surface area (Å²) < 4.78 is 5.85. The van der Waals surface area contributed by atoms with Crippen LogP contribution in [0.25, 0.3) is 0 Å². The van der Waals surface area contributed by atoms with Crippen molar-refractivity contribution in [1.29, 1.82) is 0 Å². The van der Waals surface area contributed by atoms with Gasteiger partial charge in [-0.3, -0.25) is 4.79 Å². The molecule has 2 atom stereocenters. The van der Waals surface area contributed by atoms with Gasteiger partial charge in [-0.1, -0.05) is 32.1 Å². The summed E-state index contributed by atoms with van der Waals surface area (Å²) in [4.78, 5) is 19.3. The van der Waals surface area contributed by atoms with Crippen molar-refractivity contribution in [3.8, 4) is 0 Å². The maximum absolute atomic E-state index is 11.3. The van der Waals surface area contributed by atoms with E-state index in [1.54, 1.807) is 0 Å². The van der Waals surface area contributed by atoms with E-state index in [9.17, 15) is 4.79 Å². The Morgan fingerprint density at radius 3 is 2.85 bits per heavy atom. The number of thiazole rings is 1. The van der Waals surface area contributed by atoms with Crippen molar-refractivity contribution in [2.75, 3.05) is 18.1 Å². The number of nitrogens with zero attached hydrogens (tertiary/aromatic N) is 2. The summed E-state index contributed by atoms with van der Waals surface area (Å²) in [7, 11) is 0. The van der Waals surface area contributed by atoms with Crippen molar-refractivity contribution >= 4 is 22.8 Å². The predicted molar refractivity (Wildman–Crippen MR) is 80.9 cm³/mol. The number of carbonyl (C=O) groups is 1. The lowest BCUT2D eigenvalue weighted by Gasteiger charge is -2.37. The highest BCUT2D eigenvalue weighted by Gasteiger charge is 2.38. The monoisotopic (exact) mass is 294 g/mol. The van der Waals surface area contributed by atoms with Crippen LogP contribution in [0, 0.1) is 0 Å². The molecule has 0 aromatic carbocycles. The summed E-state index contributed by atoms with van der Waals surface area (Å²) in [5.41, 5.74) is 0.834. The standard InChI is InChI=1S/C15H22N2O2S/c1-15(2,3)13-12(9-18)20-14(16-13)17-7-8-19-11-6-4-5-10(11)17/h9-11H,4-8H2,1-3H3. The Morgan fingerprint density at radius 2 is 2.20 bits per heavy atom. The van der Waals surface area contributed by atoms with Crippen LogP contribution in [0.2, 0.25) is 0 Å². The summed E-state index contributed by atoms with van der Waals surface area (Å²) in [6.45, 7) is 7.97. The van der Waals surface area contributed by atoms with Crippen molar-refractivity contribution in [2.45, 2.75) is 57.6 Å². The van der Waals surface area contributed by atoms with Gasteiger partial charge in [0.2, 0.25) is 0 Å². The number of fused-ring (bicyclic) bond motifs is 1. The molecular formula is C15H22N2O2S. The number of aromatic nitrogens is 1. The van der Waals surface area contributed by atoms with E-state index in [4.69, 9.17) is 9.72 Å². The second-order valence-electron chi connectivity index (χ2n) is 6.68. The van der Waals surface area contributed by atoms with E-state index in [1.807, 2.05) is 0 Å². The minimum atomic E-state index is -0.0909. The molecular weight excluding hydrogens is 272 g/mol. The molecule has 1 aromatic rings. The molecule has 0 radical (unpaired) electrons. The fraction of sp³-hybridized carbons (Fsp3) is 0.733. The van der Waals surface area contributed by atoms with Crippen molar-refractivity contribution in [3.63, 3.8) is 0 Å². The van der Waals surface area contributed by atoms with Crippen LogP contribution in [0.15, 0.2) is 0 Å². The van der Waals surface area contributed by atoms with Gasteiger partial charge in [0.15, 0.2) is 11.4 Å². The van der Waals surface area contributed by atoms with E-state index in [0.29, 0.717) is 12.1 Å². The zero-order valence-corrected chi connectivity index (χ0v) is 13.2. The van der Waals surface area contributed by atoms with Gasteiger partial charge in [0.1, 0.15) is 0 Å². The van der Waals surface area contributed by atoms with Gasteiger partial charge in [-0.2, -0.15) is 0 Å². The third-order valence-corrected chi connectivity index (χ3v) is 5.21. The topological polar surface area (TPSA) is 42.4 Å². The van der Waals surface area contributed by atoms with Gasteiger partial charge in [-0.25, -0.2) is 4.98 Å². The molecule has 1 aromatic heterocycles. The molecule has 2 heterocycles. The number of anilines is 1. The van der Waals surface area contributed by atoms with Crippen molar-refractivity contribution in [1.82, 2.24) is 4.98 Å². The minimum absolute atomic E-state index is 0.0909. The fourth-order valence-electron chi connectivity index (χ4n) is 3.22. The molecule has 4 nitrogen and oxygen atoms in total. The van der Waals surface area contributed by atoms with E-state index in [1.165, 1.54) is 24.2 Å². The average Bonchev–Trinajstić information content (AvgIpc) is 3.03. The van der Waals surface area contributed by atoms with Gasteiger partial charge in [-0.15, -0.1) is 0 Å². The van der Waals surface area contributed by atoms with Gasteiger partial charge in [0.25, 0.3) is 0 Å². The second-order valence-corrected chi connectivity index (χ2v) is 7.69. The first kappa shape index (κ1) is 14.0. The van der Waals surface area contributed by atoms with Crippen LogP contribution in [0.4, 0.5) is 5.13 Å². The molecule has 3 rings (SSSR count). The third-order valence-electron chi connectivity index (χ3n) is 4.19. The quantitative estimate of drug-likeness (QED) is 0.786. The zero-order valence-electron chi connectivity index (χ0n) is 12.4. The lowest BCUT2D eigenvalue weighted by Crippen LogP contribution is -2.48. The summed E-state index contributed by atoms with van der Waals surface area (Å²) in [5, 5.41) is 0.997. The van der Waals surface area contributed by atoms with Crippen LogP contribution in [-0.2, 0) is 10.2 Å². The highest BCUT2D eigenvalue weighted by molar-refractivity contribution is 7.17. The number of aldehydes is 1. The minimum Gasteiger partial charge on any atom is -0.374 e. The maximum Gasteiger partial charge on any atom is 0.186 e. The average molecular weight is 294 g/mol. The number of carbonyl (C=O) groups excluding carboxylic acids is 1. The maximum atomic E-state index is 11.3. The van der Waals surface area contributed by atoms with Crippen LogP contribution in [-0.4, -0.2) is 36.6 Å². The molecule has 110 valence electrons. The first-order valence-electron chi connectivity index (χ1n) is 7.35. The Hall–Kier alpha value is -0.940. The van der Waals surface area contributed by atoms with Gasteiger partial charge in [-0.05, 0) is 19.3 Å². The first-order valence-corrected chi connectivity index (χ1v) is 8.17. The van der Waals surface area contributed by atoms with Gasteiger partial charge in [0, 0.05) is 12.0 Å². The summed E-state index contributed by atoms with van der Waals surface area (Å²) >= 11 is 1.53. The van der Waals surface area contributed by atoms with E-state index < -0.39 is 0 Å². The first-order chi connectivity index (χ1) is 9.50. The molecule has 20 heavy (non-hydrogen) atoms. The number of rotatable bonds is 2. The van der Waals surface area contributed by atoms with Crippen molar-refractivity contribution < 1.29 is 9.53 Å². The smallest absolute Gasteiger partial charge is 0.186 e. The summed E-state index contributed by atoms with van der Waals surface area (Å²) in [5.74, 6) is 0. The molecule has 5 heteroatoms. The third kappa shape index (κ3) is 2.37. The number of hydrogen-bond donors (Lipinski definition) is 0. The van der Waals surface area contributed by atoms with E-state index >= 15 is 0 Å². The normalized spacial score (nSPS) is 26.6.